The molecule has 15 aromatic rings. The molecule has 0 atom stereocenters. The van der Waals surface area contributed by atoms with Gasteiger partial charge < -0.3 is 71.1 Å². The number of amides is 2. The Morgan fingerprint density at radius 1 is 0.417 bits per heavy atom. The number of pyridine rings is 5. The van der Waals surface area contributed by atoms with Crippen molar-refractivity contribution in [1.29, 1.82) is 0 Å². The van der Waals surface area contributed by atoms with E-state index in [9.17, 15) is 52.4 Å². The molecule has 666 valence electrons. The number of carbonyl (C=O) groups is 2. The van der Waals surface area contributed by atoms with E-state index >= 15 is 0 Å². The highest BCUT2D eigenvalue weighted by molar-refractivity contribution is 7.91. The highest BCUT2D eigenvalue weighted by atomic mass is 32.2. The van der Waals surface area contributed by atoms with Gasteiger partial charge in [0.2, 0.25) is 29.7 Å². The third-order valence-electron chi connectivity index (χ3n) is 18.1. The van der Waals surface area contributed by atoms with E-state index in [0.29, 0.717) is 81.2 Å². The standard InChI is InChI=1S/C18H21N5O3.C17H19N5O3.C17H18N4O3S.C16H16F2N4O3S.C15H14F2N4O3S/c1-3-26-15-10-13(17(25)19-8-9-24)5-6-14(15)20-18-21-16-7-4-12(2)11-23(16)22-18;1-11-3-6-15-20-17(21-22(15)10-11)19-13-5-4-12(9-14(13)25-2)16(24)18-7-8-23;1-11-3-8-16-19-17(20-21(16)10-11)18-14-7-6-13(25(2,22)23)9-15(14)24-12-4-5-12;1-3-26(23,24)11-5-6-12(13(8-11)25-15(17)18)19-16-20-14-7-4-10(2)9-22(14)21-16;1-9-3-6-13-19-15(20-21(13)8-9)18-11-5-4-10(25(2,22)23)7-12(11)24-14(16)17/h4-7,10-11,24H,3,8-9H2,1-2H3,(H,19,25)(H,20,22);3-6,9-10,23H,7-8H2,1-2H3,(H,18,24)(H,19,21);3,6-10,12H,4-5H2,1-2H3,(H,18,20);4-9,15H,3H2,1-2H3,(H,19,21);3-8,14H,1-2H3,(H,18,20). The average Bonchev–Trinajstić information content (AvgIpc) is 1.66. The van der Waals surface area contributed by atoms with Gasteiger partial charge in [-0.3, -0.25) is 9.59 Å². The maximum atomic E-state index is 12.7. The van der Waals surface area contributed by atoms with E-state index in [1.54, 1.807) is 97.2 Å². The monoisotopic (exact) mass is 1800 g/mol. The molecule has 1 saturated carbocycles. The van der Waals surface area contributed by atoms with Crippen molar-refractivity contribution in [2.24, 2.45) is 0 Å². The summed E-state index contributed by atoms with van der Waals surface area (Å²) < 4.78 is 155. The van der Waals surface area contributed by atoms with E-state index in [4.69, 9.17) is 24.4 Å². The maximum absolute atomic E-state index is 12.7. The van der Waals surface area contributed by atoms with Crippen LogP contribution < -0.4 is 60.9 Å². The van der Waals surface area contributed by atoms with Crippen LogP contribution in [0.2, 0.25) is 0 Å². The molecule has 9 N–H and O–H groups in total. The number of carbonyl (C=O) groups excluding carboxylic acids is 2. The Balaban J connectivity index is 0.000000144. The Bertz CT molecular complexity index is 6690. The summed E-state index contributed by atoms with van der Waals surface area (Å²) in [7, 11) is -8.90. The molecule has 1 aliphatic carbocycles. The predicted molar refractivity (Wildman–Crippen MR) is 465 cm³/mol. The molecule has 0 unspecified atom stereocenters. The molecule has 0 saturated heterocycles. The van der Waals surface area contributed by atoms with Crippen molar-refractivity contribution in [2.75, 3.05) is 84.9 Å². The van der Waals surface area contributed by atoms with Gasteiger partial charge in [0.15, 0.2) is 69.2 Å². The van der Waals surface area contributed by atoms with Crippen molar-refractivity contribution in [3.63, 3.8) is 0 Å². The minimum absolute atomic E-state index is 0.0974. The average molecular weight is 1810 g/mol. The molecule has 5 aromatic carbocycles. The fraction of sp³-hybridized carbons (Fsp3) is 0.253. The molecule has 127 heavy (non-hydrogen) atoms. The Labute approximate surface area is 724 Å². The minimum atomic E-state index is -3.56. The van der Waals surface area contributed by atoms with Crippen molar-refractivity contribution in [3.05, 3.63) is 222 Å². The molecule has 0 bridgehead atoms. The summed E-state index contributed by atoms with van der Waals surface area (Å²) in [5.74, 6) is 1.84. The molecular weight excluding hydrogens is 1720 g/mol. The molecule has 2 amide bonds. The second-order valence-electron chi connectivity index (χ2n) is 28.4. The third kappa shape index (κ3) is 24.8. The fourth-order valence-corrected chi connectivity index (χ4v) is 14.0. The summed E-state index contributed by atoms with van der Waals surface area (Å²) in [6.45, 7) is 7.52. The number of hydrogen-bond acceptors (Lipinski definition) is 30. The first-order valence-corrected chi connectivity index (χ1v) is 44.4. The van der Waals surface area contributed by atoms with Crippen molar-refractivity contribution in [2.45, 2.75) is 95.3 Å². The first-order valence-electron chi connectivity index (χ1n) is 38.9. The number of anilines is 10. The number of alkyl halides is 4. The largest absolute Gasteiger partial charge is 0.495 e. The Morgan fingerprint density at radius 3 is 1.02 bits per heavy atom. The SMILES string of the molecule is CCOc1cc(C(=O)NCCO)ccc1Nc1nc2ccc(C)cn2n1.CCS(=O)(=O)c1ccc(Nc2nc3ccc(C)cn3n2)c(OC(F)F)c1.COc1cc(C(=O)NCCO)ccc1Nc1nc2ccc(C)cn2n1.Cc1ccc2nc(Nc3ccc(S(C)(=O)=O)cc3OC(F)F)nn2c1.Cc1ccc2nc(Nc3ccc(S(C)(=O)=O)cc3OC3CC3)nn2c1. The molecule has 1 fully saturated rings. The number of aromatic nitrogens is 15. The van der Waals surface area contributed by atoms with Crippen LogP contribution in [0.5, 0.6) is 28.7 Å². The highest BCUT2D eigenvalue weighted by Gasteiger charge is 2.27. The van der Waals surface area contributed by atoms with Crippen LogP contribution in [0.4, 0.5) is 75.7 Å². The van der Waals surface area contributed by atoms with Crippen molar-refractivity contribution < 1.29 is 86.3 Å². The second kappa shape index (κ2) is 40.5. The first kappa shape index (κ1) is 91.8. The molecule has 10 aromatic heterocycles. The number of methoxy groups -OCH3 is 1. The van der Waals surface area contributed by atoms with Crippen LogP contribution in [-0.4, -0.2) is 198 Å². The van der Waals surface area contributed by atoms with Crippen molar-refractivity contribution >= 4 is 128 Å². The molecule has 0 spiro atoms. The first-order chi connectivity index (χ1) is 60.6. The molecule has 10 heterocycles. The number of sulfone groups is 3. The van der Waals surface area contributed by atoms with Gasteiger partial charge in [-0.25, -0.2) is 47.8 Å². The molecule has 44 heteroatoms. The lowest BCUT2D eigenvalue weighted by atomic mass is 10.1. The number of fused-ring (bicyclic) bond motifs is 5. The topological polar surface area (TPSA) is 458 Å². The lowest BCUT2D eigenvalue weighted by Crippen LogP contribution is -2.26. The zero-order chi connectivity index (χ0) is 91.0. The predicted octanol–water partition coefficient (Wildman–Crippen LogP) is 12.1. The van der Waals surface area contributed by atoms with Crippen LogP contribution >= 0.6 is 0 Å². The number of benzene rings is 5. The Kier molecular flexibility index (Phi) is 29.3. The molecule has 0 radical (unpaired) electrons. The van der Waals surface area contributed by atoms with E-state index in [2.05, 4.69) is 97.1 Å². The zero-order valence-electron chi connectivity index (χ0n) is 69.9. The number of nitrogens with one attached hydrogen (secondary N) is 7. The van der Waals surface area contributed by atoms with Crippen LogP contribution in [0.3, 0.4) is 0 Å². The number of halogens is 4. The second-order valence-corrected chi connectivity index (χ2v) is 34.7. The van der Waals surface area contributed by atoms with Crippen LogP contribution in [0.15, 0.2) is 197 Å². The molecule has 37 nitrogen and oxygen atoms in total. The molecular formula is C83H88F4N22O15S3. The summed E-state index contributed by atoms with van der Waals surface area (Å²) in [6.07, 6.45) is 13.5. The number of aliphatic hydroxyl groups excluding tert-OH is 2. The van der Waals surface area contributed by atoms with Gasteiger partial charge in [-0.2, -0.15) is 42.5 Å². The van der Waals surface area contributed by atoms with Gasteiger partial charge in [0.25, 0.3) is 11.8 Å². The number of nitrogens with zero attached hydrogens (tertiary/aromatic N) is 15. The lowest BCUT2D eigenvalue weighted by Gasteiger charge is -2.12. The van der Waals surface area contributed by atoms with Gasteiger partial charge in [-0.05, 0) is 185 Å². The maximum Gasteiger partial charge on any atom is 0.387 e. The van der Waals surface area contributed by atoms with E-state index in [-0.39, 0.29) is 99.4 Å². The van der Waals surface area contributed by atoms with E-state index in [1.807, 2.05) is 109 Å². The normalized spacial score (nSPS) is 12.0. The van der Waals surface area contributed by atoms with Gasteiger partial charge in [0.05, 0.1) is 81.9 Å². The number of ether oxygens (including phenoxy) is 5. The lowest BCUT2D eigenvalue weighted by molar-refractivity contribution is -0.0501. The van der Waals surface area contributed by atoms with Crippen LogP contribution in [-0.2, 0) is 29.5 Å². The summed E-state index contributed by atoms with van der Waals surface area (Å²) in [6, 6.07) is 41.1. The molecule has 16 rings (SSSR count). The van der Waals surface area contributed by atoms with Gasteiger partial charge in [0.1, 0.15) is 17.2 Å². The highest BCUT2D eigenvalue weighted by Crippen LogP contribution is 2.38. The molecule has 1 aliphatic rings. The number of rotatable bonds is 29. The smallest absolute Gasteiger partial charge is 0.387 e. The quantitative estimate of drug-likeness (QED) is 0.0197. The van der Waals surface area contributed by atoms with Crippen LogP contribution in [0, 0.1) is 34.6 Å². The number of aryl methyl sites for hydroxylation is 5. The Morgan fingerprint density at radius 2 is 0.717 bits per heavy atom. The summed E-state index contributed by atoms with van der Waals surface area (Å²) in [5, 5.41) is 59.3. The van der Waals surface area contributed by atoms with E-state index < -0.39 is 42.7 Å². The number of aliphatic hydroxyl groups is 2. The molecule has 0 aliphatic heterocycles. The third-order valence-corrected chi connectivity index (χ3v) is 22.1. The minimum Gasteiger partial charge on any atom is -0.495 e. The van der Waals surface area contributed by atoms with E-state index in [0.717, 1.165) is 76.0 Å². The van der Waals surface area contributed by atoms with Crippen molar-refractivity contribution in [1.82, 2.24) is 83.6 Å². The fourth-order valence-electron chi connectivity index (χ4n) is 11.8. The van der Waals surface area contributed by atoms with Gasteiger partial charge >= 0.3 is 13.2 Å². The number of hydrogen-bond donors (Lipinski definition) is 9. The van der Waals surface area contributed by atoms with Gasteiger partial charge in [0, 0.05) is 85.9 Å². The summed E-state index contributed by atoms with van der Waals surface area (Å²) in [4.78, 5) is 45.7. The summed E-state index contributed by atoms with van der Waals surface area (Å²) in [5.41, 5.74) is 11.6. The van der Waals surface area contributed by atoms with Crippen LogP contribution in [0.25, 0.3) is 28.2 Å². The zero-order valence-corrected chi connectivity index (χ0v) is 72.3. The van der Waals surface area contributed by atoms with Crippen molar-refractivity contribution in [3.8, 4) is 28.7 Å². The Hall–Kier alpha value is -14.4. The van der Waals surface area contributed by atoms with Gasteiger partial charge in [-0.1, -0.05) is 37.3 Å². The van der Waals surface area contributed by atoms with Crippen LogP contribution in [0.1, 0.15) is 75.2 Å². The summed E-state index contributed by atoms with van der Waals surface area (Å²) >= 11 is 0. The van der Waals surface area contributed by atoms with E-state index in [1.165, 1.54) is 49.1 Å². The van der Waals surface area contributed by atoms with Gasteiger partial charge in [-0.15, -0.1) is 25.5 Å².